The van der Waals surface area contributed by atoms with E-state index < -0.39 is 10.0 Å². The number of nitriles is 1. The SMILES string of the molecule is C[C@@H]1CCC[C@H](C)N1S(=O)(=O)Cc1ccc(C#N)cc1. The predicted octanol–water partition coefficient (Wildman–Crippen LogP) is 2.65. The van der Waals surface area contributed by atoms with Crippen LogP contribution in [0, 0.1) is 11.3 Å². The maximum atomic E-state index is 12.6. The molecule has 5 heteroatoms. The largest absolute Gasteiger partial charge is 0.218 e. The standard InChI is InChI=1S/C15H20N2O2S/c1-12-4-3-5-13(2)17(12)20(18,19)11-15-8-6-14(10-16)7-9-15/h6-9,12-13H,3-5,11H2,1-2H3/t12-,13+. The van der Waals surface area contributed by atoms with Gasteiger partial charge in [0.1, 0.15) is 0 Å². The summed E-state index contributed by atoms with van der Waals surface area (Å²) in [5.74, 6) is 0.00733. The third-order valence-corrected chi connectivity index (χ3v) is 5.93. The minimum absolute atomic E-state index is 0.00733. The fourth-order valence-corrected chi connectivity index (χ4v) is 4.98. The van der Waals surface area contributed by atoms with Crippen molar-refractivity contribution in [1.82, 2.24) is 4.31 Å². The molecule has 1 aromatic carbocycles. The summed E-state index contributed by atoms with van der Waals surface area (Å²) in [5, 5.41) is 8.76. The van der Waals surface area contributed by atoms with E-state index in [2.05, 4.69) is 0 Å². The summed E-state index contributed by atoms with van der Waals surface area (Å²) in [4.78, 5) is 0. The zero-order valence-electron chi connectivity index (χ0n) is 11.9. The first-order chi connectivity index (χ1) is 9.44. The molecule has 1 aliphatic rings. The van der Waals surface area contributed by atoms with Gasteiger partial charge in [0.25, 0.3) is 0 Å². The van der Waals surface area contributed by atoms with Crippen molar-refractivity contribution in [3.63, 3.8) is 0 Å². The van der Waals surface area contributed by atoms with Crippen molar-refractivity contribution in [2.24, 2.45) is 0 Å². The van der Waals surface area contributed by atoms with Crippen LogP contribution in [0.4, 0.5) is 0 Å². The molecule has 0 bridgehead atoms. The number of nitrogens with zero attached hydrogens (tertiary/aromatic N) is 2. The first-order valence-electron chi connectivity index (χ1n) is 6.94. The highest BCUT2D eigenvalue weighted by molar-refractivity contribution is 7.88. The third-order valence-electron chi connectivity index (χ3n) is 3.87. The lowest BCUT2D eigenvalue weighted by molar-refractivity contribution is 0.204. The Morgan fingerprint density at radius 3 is 2.25 bits per heavy atom. The molecule has 0 N–H and O–H groups in total. The fourth-order valence-electron chi connectivity index (χ4n) is 2.91. The van der Waals surface area contributed by atoms with Crippen LogP contribution in [0.3, 0.4) is 0 Å². The molecule has 0 amide bonds. The molecule has 0 aliphatic carbocycles. The van der Waals surface area contributed by atoms with E-state index in [1.165, 1.54) is 0 Å². The monoisotopic (exact) mass is 292 g/mol. The van der Waals surface area contributed by atoms with Gasteiger partial charge in [0.05, 0.1) is 17.4 Å². The van der Waals surface area contributed by atoms with Gasteiger partial charge in [0.2, 0.25) is 10.0 Å². The van der Waals surface area contributed by atoms with Gasteiger partial charge < -0.3 is 0 Å². The number of benzene rings is 1. The van der Waals surface area contributed by atoms with Crippen LogP contribution in [0.5, 0.6) is 0 Å². The van der Waals surface area contributed by atoms with Crippen molar-refractivity contribution in [2.75, 3.05) is 0 Å². The summed E-state index contributed by atoms with van der Waals surface area (Å²) >= 11 is 0. The Kier molecular flexibility index (Phi) is 4.46. The van der Waals surface area contributed by atoms with Crippen LogP contribution in [-0.2, 0) is 15.8 Å². The van der Waals surface area contributed by atoms with Gasteiger partial charge in [-0.25, -0.2) is 8.42 Å². The van der Waals surface area contributed by atoms with Crippen molar-refractivity contribution in [3.8, 4) is 6.07 Å². The van der Waals surface area contributed by atoms with Crippen molar-refractivity contribution >= 4 is 10.0 Å². The molecule has 2 rings (SSSR count). The number of hydrogen-bond acceptors (Lipinski definition) is 3. The Labute approximate surface area is 121 Å². The Bertz CT molecular complexity index is 592. The minimum Gasteiger partial charge on any atom is -0.212 e. The average molecular weight is 292 g/mol. The molecule has 1 fully saturated rings. The van der Waals surface area contributed by atoms with Crippen molar-refractivity contribution in [3.05, 3.63) is 35.4 Å². The zero-order chi connectivity index (χ0) is 14.8. The van der Waals surface area contributed by atoms with Crippen LogP contribution in [0.2, 0.25) is 0 Å². The van der Waals surface area contributed by atoms with Gasteiger partial charge in [-0.15, -0.1) is 0 Å². The summed E-state index contributed by atoms with van der Waals surface area (Å²) in [5.41, 5.74) is 1.28. The third kappa shape index (κ3) is 3.20. The summed E-state index contributed by atoms with van der Waals surface area (Å²) in [6.45, 7) is 3.96. The Morgan fingerprint density at radius 1 is 1.20 bits per heavy atom. The highest BCUT2D eigenvalue weighted by Crippen LogP contribution is 2.27. The maximum Gasteiger partial charge on any atom is 0.218 e. The Morgan fingerprint density at radius 2 is 1.75 bits per heavy atom. The molecule has 0 radical (unpaired) electrons. The maximum absolute atomic E-state index is 12.6. The van der Waals surface area contributed by atoms with Gasteiger partial charge in [-0.1, -0.05) is 18.6 Å². The zero-order valence-corrected chi connectivity index (χ0v) is 12.7. The van der Waals surface area contributed by atoms with Crippen LogP contribution in [-0.4, -0.2) is 24.8 Å². The van der Waals surface area contributed by atoms with E-state index in [1.54, 1.807) is 28.6 Å². The Balaban J connectivity index is 2.19. The second-order valence-corrected chi connectivity index (χ2v) is 7.40. The van der Waals surface area contributed by atoms with Gasteiger partial charge in [-0.05, 0) is 44.4 Å². The lowest BCUT2D eigenvalue weighted by Crippen LogP contribution is -2.47. The quantitative estimate of drug-likeness (QED) is 0.860. The Hall–Kier alpha value is -1.38. The molecule has 1 heterocycles. The van der Waals surface area contributed by atoms with Crippen LogP contribution in [0.15, 0.2) is 24.3 Å². The molecule has 4 nitrogen and oxygen atoms in total. The van der Waals surface area contributed by atoms with Crippen molar-refractivity contribution < 1.29 is 8.42 Å². The molecule has 2 atom stereocenters. The summed E-state index contributed by atoms with van der Waals surface area (Å²) in [6.07, 6.45) is 2.94. The highest BCUT2D eigenvalue weighted by atomic mass is 32.2. The molecular formula is C15H20N2O2S. The van der Waals surface area contributed by atoms with Crippen molar-refractivity contribution in [1.29, 1.82) is 5.26 Å². The van der Waals surface area contributed by atoms with Crippen molar-refractivity contribution in [2.45, 2.75) is 50.9 Å². The molecule has 20 heavy (non-hydrogen) atoms. The first-order valence-corrected chi connectivity index (χ1v) is 8.55. The molecule has 0 spiro atoms. The van der Waals surface area contributed by atoms with E-state index in [0.29, 0.717) is 5.56 Å². The van der Waals surface area contributed by atoms with Crippen LogP contribution >= 0.6 is 0 Å². The van der Waals surface area contributed by atoms with Crippen LogP contribution < -0.4 is 0 Å². The lowest BCUT2D eigenvalue weighted by atomic mass is 10.0. The van der Waals surface area contributed by atoms with E-state index in [9.17, 15) is 8.42 Å². The number of rotatable bonds is 3. The van der Waals surface area contributed by atoms with E-state index >= 15 is 0 Å². The molecule has 0 unspecified atom stereocenters. The fraction of sp³-hybridized carbons (Fsp3) is 0.533. The van der Waals surface area contributed by atoms with Crippen LogP contribution in [0.25, 0.3) is 0 Å². The molecule has 1 aromatic rings. The normalized spacial score (nSPS) is 24.2. The summed E-state index contributed by atoms with van der Waals surface area (Å²) in [6, 6.07) is 8.93. The van der Waals surface area contributed by atoms with Gasteiger partial charge in [0.15, 0.2) is 0 Å². The van der Waals surface area contributed by atoms with E-state index in [1.807, 2.05) is 19.9 Å². The lowest BCUT2D eigenvalue weighted by Gasteiger charge is -2.37. The number of hydrogen-bond donors (Lipinski definition) is 0. The van der Waals surface area contributed by atoms with E-state index in [0.717, 1.165) is 24.8 Å². The van der Waals surface area contributed by atoms with Gasteiger partial charge >= 0.3 is 0 Å². The summed E-state index contributed by atoms with van der Waals surface area (Å²) in [7, 11) is -3.30. The first kappa shape index (κ1) is 15.0. The molecule has 108 valence electrons. The topological polar surface area (TPSA) is 61.2 Å². The predicted molar refractivity (Wildman–Crippen MR) is 78.4 cm³/mol. The molecule has 0 aromatic heterocycles. The second kappa shape index (κ2) is 5.94. The molecule has 1 saturated heterocycles. The van der Waals surface area contributed by atoms with E-state index in [4.69, 9.17) is 5.26 Å². The smallest absolute Gasteiger partial charge is 0.212 e. The number of sulfonamides is 1. The molecular weight excluding hydrogens is 272 g/mol. The summed E-state index contributed by atoms with van der Waals surface area (Å²) < 4.78 is 26.8. The highest BCUT2D eigenvalue weighted by Gasteiger charge is 2.34. The van der Waals surface area contributed by atoms with Crippen LogP contribution in [0.1, 0.15) is 44.2 Å². The van der Waals surface area contributed by atoms with E-state index in [-0.39, 0.29) is 17.8 Å². The molecule has 0 saturated carbocycles. The molecule has 1 aliphatic heterocycles. The minimum atomic E-state index is -3.30. The van der Waals surface area contributed by atoms with Gasteiger partial charge in [-0.2, -0.15) is 9.57 Å². The van der Waals surface area contributed by atoms with Gasteiger partial charge in [-0.3, -0.25) is 0 Å². The second-order valence-electron chi connectivity index (χ2n) is 5.52. The average Bonchev–Trinajstić information content (AvgIpc) is 2.38. The van der Waals surface area contributed by atoms with Gasteiger partial charge in [0, 0.05) is 12.1 Å². The number of piperidine rings is 1.